The Kier molecular flexibility index (Phi) is 3.89. The van der Waals surface area contributed by atoms with Gasteiger partial charge >= 0.3 is 0 Å². The van der Waals surface area contributed by atoms with Gasteiger partial charge in [0.2, 0.25) is 5.91 Å². The molecule has 1 aliphatic heterocycles. The molecule has 7 heteroatoms. The third-order valence-electron chi connectivity index (χ3n) is 3.73. The van der Waals surface area contributed by atoms with Crippen molar-refractivity contribution in [3.8, 4) is 0 Å². The summed E-state index contributed by atoms with van der Waals surface area (Å²) >= 11 is 0. The van der Waals surface area contributed by atoms with Crippen LogP contribution in [0.5, 0.6) is 0 Å². The number of piperidine rings is 1. The van der Waals surface area contributed by atoms with Crippen molar-refractivity contribution in [2.45, 2.75) is 25.7 Å². The number of likely N-dealkylation sites (tertiary alicyclic amines) is 1. The molecule has 1 aliphatic rings. The average Bonchev–Trinajstić information content (AvgIpc) is 2.96. The number of hydrogen-bond donors (Lipinski definition) is 2. The molecule has 0 atom stereocenters. The summed E-state index contributed by atoms with van der Waals surface area (Å²) in [6.07, 6.45) is 9.15. The molecule has 0 radical (unpaired) electrons. The number of nitrogens with zero attached hydrogens (tertiary/aromatic N) is 4. The van der Waals surface area contributed by atoms with Crippen LogP contribution in [0.25, 0.3) is 5.65 Å². The number of nitrogens with two attached hydrogens (primary N) is 1. The Hall–Kier alpha value is -2.31. The third-order valence-corrected chi connectivity index (χ3v) is 3.73. The van der Waals surface area contributed by atoms with Gasteiger partial charge in [0.15, 0.2) is 11.5 Å². The molecule has 0 aliphatic carbocycles. The van der Waals surface area contributed by atoms with E-state index in [1.807, 2.05) is 15.5 Å². The number of carbonyl (C=O) groups excluding carboxylic acids is 1. The molecule has 7 nitrogen and oxygen atoms in total. The predicted molar refractivity (Wildman–Crippen MR) is 80.9 cm³/mol. The molecule has 3 N–H and O–H groups in total. The molecule has 2 aromatic heterocycles. The van der Waals surface area contributed by atoms with Gasteiger partial charge in [-0.3, -0.25) is 4.79 Å². The van der Waals surface area contributed by atoms with Gasteiger partial charge in [0, 0.05) is 38.4 Å². The minimum absolute atomic E-state index is 0.200. The van der Waals surface area contributed by atoms with Crippen LogP contribution in [-0.2, 0) is 4.79 Å². The number of hydrogen-bond acceptors (Lipinski definition) is 5. The highest BCUT2D eigenvalue weighted by molar-refractivity contribution is 5.77. The summed E-state index contributed by atoms with van der Waals surface area (Å²) < 4.78 is 1.82. The standard InChI is InChI=1S/C14H20N6O/c15-11-10-20-9-6-17-14(20)13(18-11)16-5-4-12(21)19-7-2-1-3-8-19/h6,9-10H,1-5,7-8,15H2,(H,16,18). The zero-order chi connectivity index (χ0) is 14.7. The number of anilines is 2. The molecule has 3 rings (SSSR count). The van der Waals surface area contributed by atoms with Gasteiger partial charge in [0.1, 0.15) is 5.82 Å². The number of aromatic nitrogens is 3. The molecular weight excluding hydrogens is 268 g/mol. The van der Waals surface area contributed by atoms with E-state index < -0.39 is 0 Å². The Bertz CT molecular complexity index is 631. The molecule has 0 unspecified atom stereocenters. The van der Waals surface area contributed by atoms with Crippen molar-refractivity contribution in [1.29, 1.82) is 0 Å². The number of carbonyl (C=O) groups is 1. The Balaban J connectivity index is 1.59. The molecule has 0 saturated carbocycles. The van der Waals surface area contributed by atoms with E-state index in [-0.39, 0.29) is 5.91 Å². The lowest BCUT2D eigenvalue weighted by Gasteiger charge is -2.26. The van der Waals surface area contributed by atoms with Crippen molar-refractivity contribution >= 4 is 23.2 Å². The third kappa shape index (κ3) is 3.07. The highest BCUT2D eigenvalue weighted by Crippen LogP contribution is 2.15. The van der Waals surface area contributed by atoms with Gasteiger partial charge < -0.3 is 20.4 Å². The first-order valence-corrected chi connectivity index (χ1v) is 7.35. The van der Waals surface area contributed by atoms with Crippen molar-refractivity contribution < 1.29 is 4.79 Å². The first-order chi connectivity index (χ1) is 10.2. The highest BCUT2D eigenvalue weighted by atomic mass is 16.2. The Morgan fingerprint density at radius 3 is 2.95 bits per heavy atom. The minimum Gasteiger partial charge on any atom is -0.382 e. The SMILES string of the molecule is Nc1cn2ccnc2c(NCCC(=O)N2CCCCC2)n1. The van der Waals surface area contributed by atoms with E-state index in [9.17, 15) is 4.79 Å². The zero-order valence-corrected chi connectivity index (χ0v) is 12.0. The van der Waals surface area contributed by atoms with Gasteiger partial charge in [-0.2, -0.15) is 0 Å². The quantitative estimate of drug-likeness (QED) is 0.880. The monoisotopic (exact) mass is 288 g/mol. The van der Waals surface area contributed by atoms with Crippen LogP contribution in [0, 0.1) is 0 Å². The lowest BCUT2D eigenvalue weighted by Crippen LogP contribution is -2.36. The van der Waals surface area contributed by atoms with Gasteiger partial charge in [-0.1, -0.05) is 0 Å². The number of rotatable bonds is 4. The van der Waals surface area contributed by atoms with Crippen LogP contribution in [0.15, 0.2) is 18.6 Å². The second kappa shape index (κ2) is 5.99. The summed E-state index contributed by atoms with van der Waals surface area (Å²) in [6.45, 7) is 2.31. The van der Waals surface area contributed by atoms with Gasteiger partial charge in [0.05, 0.1) is 6.20 Å². The maximum absolute atomic E-state index is 12.1. The lowest BCUT2D eigenvalue weighted by atomic mass is 10.1. The van der Waals surface area contributed by atoms with Crippen LogP contribution in [0.1, 0.15) is 25.7 Å². The van der Waals surface area contributed by atoms with E-state index in [0.717, 1.165) is 31.6 Å². The van der Waals surface area contributed by atoms with Crippen LogP contribution in [0.2, 0.25) is 0 Å². The molecule has 1 fully saturated rings. The normalized spacial score (nSPS) is 15.3. The summed E-state index contributed by atoms with van der Waals surface area (Å²) in [4.78, 5) is 22.5. The van der Waals surface area contributed by atoms with Crippen LogP contribution in [-0.4, -0.2) is 44.8 Å². The maximum atomic E-state index is 12.1. The average molecular weight is 288 g/mol. The fourth-order valence-corrected chi connectivity index (χ4v) is 2.66. The lowest BCUT2D eigenvalue weighted by molar-refractivity contribution is -0.131. The Morgan fingerprint density at radius 2 is 2.14 bits per heavy atom. The van der Waals surface area contributed by atoms with E-state index >= 15 is 0 Å². The number of nitrogens with one attached hydrogen (secondary N) is 1. The van der Waals surface area contributed by atoms with Crippen LogP contribution >= 0.6 is 0 Å². The van der Waals surface area contributed by atoms with E-state index in [0.29, 0.717) is 24.6 Å². The van der Waals surface area contributed by atoms with Gasteiger partial charge in [-0.25, -0.2) is 9.97 Å². The number of imidazole rings is 1. The number of amides is 1. The van der Waals surface area contributed by atoms with E-state index in [4.69, 9.17) is 5.73 Å². The topological polar surface area (TPSA) is 88.5 Å². The van der Waals surface area contributed by atoms with Gasteiger partial charge in [-0.15, -0.1) is 0 Å². The fraction of sp³-hybridized carbons (Fsp3) is 0.500. The van der Waals surface area contributed by atoms with Crippen LogP contribution < -0.4 is 11.1 Å². The second-order valence-corrected chi connectivity index (χ2v) is 5.29. The molecular formula is C14H20N6O. The summed E-state index contributed by atoms with van der Waals surface area (Å²) in [5.41, 5.74) is 6.47. The maximum Gasteiger partial charge on any atom is 0.224 e. The fourth-order valence-electron chi connectivity index (χ4n) is 2.66. The van der Waals surface area contributed by atoms with Crippen LogP contribution in [0.4, 0.5) is 11.6 Å². The molecule has 0 bridgehead atoms. The molecule has 112 valence electrons. The smallest absolute Gasteiger partial charge is 0.224 e. The molecule has 3 heterocycles. The highest BCUT2D eigenvalue weighted by Gasteiger charge is 2.16. The minimum atomic E-state index is 0.200. The first-order valence-electron chi connectivity index (χ1n) is 7.35. The Labute approximate surface area is 123 Å². The van der Waals surface area contributed by atoms with Crippen molar-refractivity contribution in [2.75, 3.05) is 30.7 Å². The molecule has 0 spiro atoms. The molecule has 21 heavy (non-hydrogen) atoms. The van der Waals surface area contributed by atoms with E-state index in [1.165, 1.54) is 6.42 Å². The molecule has 1 saturated heterocycles. The summed E-state index contributed by atoms with van der Waals surface area (Å²) in [6, 6.07) is 0. The van der Waals surface area contributed by atoms with Crippen LogP contribution in [0.3, 0.4) is 0 Å². The van der Waals surface area contributed by atoms with E-state index in [2.05, 4.69) is 15.3 Å². The summed E-state index contributed by atoms with van der Waals surface area (Å²) in [7, 11) is 0. The molecule has 0 aromatic carbocycles. The van der Waals surface area contributed by atoms with Crippen molar-refractivity contribution in [1.82, 2.24) is 19.3 Å². The number of nitrogen functional groups attached to an aromatic ring is 1. The first kappa shape index (κ1) is 13.7. The summed E-state index contributed by atoms with van der Waals surface area (Å²) in [5, 5.41) is 3.16. The zero-order valence-electron chi connectivity index (χ0n) is 12.0. The summed E-state index contributed by atoms with van der Waals surface area (Å²) in [5.74, 6) is 1.24. The van der Waals surface area contributed by atoms with E-state index in [1.54, 1.807) is 12.4 Å². The number of fused-ring (bicyclic) bond motifs is 1. The second-order valence-electron chi connectivity index (χ2n) is 5.29. The molecule has 1 amide bonds. The Morgan fingerprint density at radius 1 is 1.33 bits per heavy atom. The van der Waals surface area contributed by atoms with Crippen molar-refractivity contribution in [2.24, 2.45) is 0 Å². The van der Waals surface area contributed by atoms with Crippen molar-refractivity contribution in [3.63, 3.8) is 0 Å². The largest absolute Gasteiger partial charge is 0.382 e. The predicted octanol–water partition coefficient (Wildman–Crippen LogP) is 1.13. The van der Waals surface area contributed by atoms with Gasteiger partial charge in [-0.05, 0) is 19.3 Å². The van der Waals surface area contributed by atoms with Gasteiger partial charge in [0.25, 0.3) is 0 Å². The van der Waals surface area contributed by atoms with Crippen molar-refractivity contribution in [3.05, 3.63) is 18.6 Å². The molecule has 2 aromatic rings.